The van der Waals surface area contributed by atoms with Gasteiger partial charge in [-0.25, -0.2) is 13.8 Å². The van der Waals surface area contributed by atoms with E-state index < -0.39 is 18.6 Å². The van der Waals surface area contributed by atoms with E-state index in [1.165, 1.54) is 13.2 Å². The van der Waals surface area contributed by atoms with Gasteiger partial charge in [0.2, 0.25) is 0 Å². The second-order valence-electron chi connectivity index (χ2n) is 7.89. The van der Waals surface area contributed by atoms with Gasteiger partial charge >= 0.3 is 0 Å². The molecule has 33 heavy (non-hydrogen) atoms. The van der Waals surface area contributed by atoms with Gasteiger partial charge in [0, 0.05) is 30.5 Å². The lowest BCUT2D eigenvalue weighted by Gasteiger charge is -2.19. The maximum absolute atomic E-state index is 14.1. The maximum atomic E-state index is 14.1. The molecule has 0 bridgehead atoms. The van der Waals surface area contributed by atoms with Crippen LogP contribution in [0.5, 0.6) is 5.75 Å². The van der Waals surface area contributed by atoms with Gasteiger partial charge in [0.1, 0.15) is 12.5 Å². The van der Waals surface area contributed by atoms with Crippen molar-refractivity contribution >= 4 is 17.4 Å². The van der Waals surface area contributed by atoms with Gasteiger partial charge in [0.25, 0.3) is 5.91 Å². The van der Waals surface area contributed by atoms with Gasteiger partial charge in [0.15, 0.2) is 11.6 Å². The number of hydrogen-bond donors (Lipinski definition) is 2. The molecule has 1 atom stereocenters. The normalized spacial score (nSPS) is 13.5. The van der Waals surface area contributed by atoms with Crippen LogP contribution in [-0.2, 0) is 12.8 Å². The molecule has 2 heterocycles. The van der Waals surface area contributed by atoms with Gasteiger partial charge in [-0.05, 0) is 65.9 Å². The average Bonchev–Trinajstić information content (AvgIpc) is 3.27. The molecule has 0 spiro atoms. The van der Waals surface area contributed by atoms with Gasteiger partial charge in [-0.3, -0.25) is 4.79 Å². The Bertz CT molecular complexity index is 1160. The minimum absolute atomic E-state index is 0.141. The van der Waals surface area contributed by atoms with Crippen molar-refractivity contribution in [1.29, 1.82) is 0 Å². The summed E-state index contributed by atoms with van der Waals surface area (Å²) in [5.41, 5.74) is 4.07. The summed E-state index contributed by atoms with van der Waals surface area (Å²) in [7, 11) is 1.43. The van der Waals surface area contributed by atoms with Crippen molar-refractivity contribution in [2.75, 3.05) is 31.8 Å². The zero-order chi connectivity index (χ0) is 23.4. The van der Waals surface area contributed by atoms with E-state index >= 15 is 0 Å². The molecule has 1 aromatic heterocycles. The smallest absolute Gasteiger partial charge is 0.251 e. The predicted octanol–water partition coefficient (Wildman–Crippen LogP) is 3.57. The first-order valence-electron chi connectivity index (χ1n) is 10.7. The number of pyridine rings is 1. The fourth-order valence-corrected chi connectivity index (χ4v) is 4.02. The molecule has 1 amide bonds. The number of aliphatic hydroxyl groups excluding tert-OH is 1. The topological polar surface area (TPSA) is 74.7 Å². The number of anilines is 2. The maximum Gasteiger partial charge on any atom is 0.251 e. The highest BCUT2D eigenvalue weighted by Gasteiger charge is 2.26. The number of hydrogen-bond acceptors (Lipinski definition) is 5. The lowest BCUT2D eigenvalue weighted by atomic mass is 10.0. The molecule has 3 aromatic rings. The van der Waals surface area contributed by atoms with Gasteiger partial charge < -0.3 is 20.1 Å². The number of methoxy groups -OCH3 is 1. The molecular formula is C25H25F2N3O3. The number of rotatable bonds is 8. The van der Waals surface area contributed by atoms with Gasteiger partial charge in [-0.15, -0.1) is 0 Å². The third kappa shape index (κ3) is 4.96. The highest BCUT2D eigenvalue weighted by molar-refractivity contribution is 5.98. The van der Waals surface area contributed by atoms with Crippen LogP contribution in [0.2, 0.25) is 0 Å². The number of alkyl halides is 1. The van der Waals surface area contributed by atoms with Crippen molar-refractivity contribution in [3.05, 3.63) is 82.8 Å². The fourth-order valence-electron chi connectivity index (χ4n) is 4.02. The number of benzene rings is 2. The Hall–Kier alpha value is -3.52. The Morgan fingerprint density at radius 2 is 2.06 bits per heavy atom. The molecule has 0 fully saturated rings. The summed E-state index contributed by atoms with van der Waals surface area (Å²) in [6.45, 7) is -0.398. The predicted molar refractivity (Wildman–Crippen MR) is 121 cm³/mol. The number of carbonyl (C=O) groups excluding carboxylic acids is 1. The Labute approximate surface area is 190 Å². The standard InChI is InChI=1S/C25H25F2N3O3/c1-33-23-6-5-16(12-21(23)27)11-17-7-9-28-24(13-17)30-10-8-19-20(3-2-4-22(19)30)25(32)29-15-18(31)14-26/h2-7,9,12-13,18,31H,8,10-11,14-15H2,1H3,(H,29,32). The Balaban J connectivity index is 1.54. The first kappa shape index (κ1) is 22.7. The molecule has 0 radical (unpaired) electrons. The highest BCUT2D eigenvalue weighted by atomic mass is 19.1. The number of aromatic nitrogens is 1. The molecule has 8 heteroatoms. The number of amides is 1. The zero-order valence-electron chi connectivity index (χ0n) is 18.2. The summed E-state index contributed by atoms with van der Waals surface area (Å²) in [5, 5.41) is 12.0. The number of halogens is 2. The fraction of sp³-hybridized carbons (Fsp3) is 0.280. The van der Waals surface area contributed by atoms with Crippen molar-refractivity contribution in [3.8, 4) is 5.75 Å². The highest BCUT2D eigenvalue weighted by Crippen LogP contribution is 2.36. The number of aliphatic hydroxyl groups is 1. The van der Waals surface area contributed by atoms with Crippen molar-refractivity contribution in [2.24, 2.45) is 0 Å². The molecule has 2 aromatic carbocycles. The number of ether oxygens (including phenoxy) is 1. The first-order valence-corrected chi connectivity index (χ1v) is 10.7. The van der Waals surface area contributed by atoms with Crippen LogP contribution < -0.4 is 15.0 Å². The van der Waals surface area contributed by atoms with Crippen LogP contribution >= 0.6 is 0 Å². The van der Waals surface area contributed by atoms with E-state index in [2.05, 4.69) is 10.3 Å². The second kappa shape index (κ2) is 9.95. The number of fused-ring (bicyclic) bond motifs is 1. The Morgan fingerprint density at radius 1 is 1.24 bits per heavy atom. The third-order valence-electron chi connectivity index (χ3n) is 5.66. The third-order valence-corrected chi connectivity index (χ3v) is 5.66. The molecule has 1 unspecified atom stereocenters. The number of nitrogens with one attached hydrogen (secondary N) is 1. The van der Waals surface area contributed by atoms with Crippen LogP contribution in [0, 0.1) is 5.82 Å². The van der Waals surface area contributed by atoms with Crippen LogP contribution in [0.3, 0.4) is 0 Å². The Kier molecular flexibility index (Phi) is 6.84. The van der Waals surface area contributed by atoms with Gasteiger partial charge in [-0.1, -0.05) is 12.1 Å². The molecule has 2 N–H and O–H groups in total. The number of carbonyl (C=O) groups is 1. The van der Waals surface area contributed by atoms with Crippen molar-refractivity contribution in [3.63, 3.8) is 0 Å². The van der Waals surface area contributed by atoms with E-state index in [0.29, 0.717) is 24.9 Å². The lowest BCUT2D eigenvalue weighted by Crippen LogP contribution is -2.33. The summed E-state index contributed by atoms with van der Waals surface area (Å²) in [6, 6.07) is 14.2. The largest absolute Gasteiger partial charge is 0.494 e. The van der Waals surface area contributed by atoms with Crippen LogP contribution in [0.1, 0.15) is 27.0 Å². The second-order valence-corrected chi connectivity index (χ2v) is 7.89. The van der Waals surface area contributed by atoms with Crippen molar-refractivity contribution in [2.45, 2.75) is 18.9 Å². The molecule has 4 rings (SSSR count). The van der Waals surface area contributed by atoms with E-state index in [1.807, 2.05) is 29.2 Å². The van der Waals surface area contributed by atoms with Gasteiger partial charge in [-0.2, -0.15) is 0 Å². The summed E-state index contributed by atoms with van der Waals surface area (Å²) < 4.78 is 31.5. The minimum Gasteiger partial charge on any atom is -0.494 e. The van der Waals surface area contributed by atoms with E-state index in [4.69, 9.17) is 4.74 Å². The summed E-state index contributed by atoms with van der Waals surface area (Å²) >= 11 is 0. The van der Waals surface area contributed by atoms with Crippen LogP contribution in [-0.4, -0.2) is 49.0 Å². The molecule has 1 aliphatic heterocycles. The van der Waals surface area contributed by atoms with Gasteiger partial charge in [0.05, 0.1) is 13.2 Å². The summed E-state index contributed by atoms with van der Waals surface area (Å²) in [5.74, 6) is 0.208. The molecule has 6 nitrogen and oxygen atoms in total. The molecule has 1 aliphatic rings. The summed E-state index contributed by atoms with van der Waals surface area (Å²) in [4.78, 5) is 19.1. The quantitative estimate of drug-likeness (QED) is 0.546. The van der Waals surface area contributed by atoms with Crippen molar-refractivity contribution in [1.82, 2.24) is 10.3 Å². The molecule has 0 aliphatic carbocycles. The average molecular weight is 453 g/mol. The van der Waals surface area contributed by atoms with Crippen LogP contribution in [0.15, 0.2) is 54.7 Å². The molecule has 0 saturated carbocycles. The van der Waals surface area contributed by atoms with E-state index in [-0.39, 0.29) is 18.2 Å². The lowest BCUT2D eigenvalue weighted by molar-refractivity contribution is 0.0894. The van der Waals surface area contributed by atoms with E-state index in [1.54, 1.807) is 24.4 Å². The molecule has 0 saturated heterocycles. The molecular weight excluding hydrogens is 428 g/mol. The van der Waals surface area contributed by atoms with Crippen LogP contribution in [0.4, 0.5) is 20.3 Å². The van der Waals surface area contributed by atoms with E-state index in [0.717, 1.165) is 28.2 Å². The van der Waals surface area contributed by atoms with Crippen molar-refractivity contribution < 1.29 is 23.4 Å². The number of nitrogens with zero attached hydrogens (tertiary/aromatic N) is 2. The molecule has 172 valence electrons. The monoisotopic (exact) mass is 453 g/mol. The first-order chi connectivity index (χ1) is 16.0. The van der Waals surface area contributed by atoms with Crippen LogP contribution in [0.25, 0.3) is 0 Å². The summed E-state index contributed by atoms with van der Waals surface area (Å²) in [6.07, 6.45) is 1.70. The zero-order valence-corrected chi connectivity index (χ0v) is 18.2. The van der Waals surface area contributed by atoms with E-state index in [9.17, 15) is 18.7 Å². The SMILES string of the molecule is COc1ccc(Cc2ccnc(N3CCc4c(C(=O)NCC(O)CF)cccc43)c2)cc1F. The minimum atomic E-state index is -1.21. The Morgan fingerprint density at radius 3 is 2.82 bits per heavy atom.